The van der Waals surface area contributed by atoms with Crippen molar-refractivity contribution in [2.24, 2.45) is 17.3 Å². The smallest absolute Gasteiger partial charge is 0.366 e. The molecule has 172 valence electrons. The lowest BCUT2D eigenvalue weighted by Crippen LogP contribution is -2.14. The summed E-state index contributed by atoms with van der Waals surface area (Å²) in [6.07, 6.45) is -0.276. The molecule has 3 rings (SSSR count). The second-order valence-electron chi connectivity index (χ2n) is 8.11. The van der Waals surface area contributed by atoms with Gasteiger partial charge >= 0.3 is 11.9 Å². The predicted octanol–water partition coefficient (Wildman–Crippen LogP) is 5.41. The van der Waals surface area contributed by atoms with E-state index in [1.807, 2.05) is 6.07 Å². The summed E-state index contributed by atoms with van der Waals surface area (Å²) in [5, 5.41) is 9.56. The van der Waals surface area contributed by atoms with Gasteiger partial charge in [-0.3, -0.25) is 4.79 Å². The van der Waals surface area contributed by atoms with Gasteiger partial charge in [0.25, 0.3) is 0 Å². The lowest BCUT2D eigenvalue weighted by molar-refractivity contribution is -0.149. The Hall–Kier alpha value is -3.73. The van der Waals surface area contributed by atoms with Crippen molar-refractivity contribution in [3.63, 3.8) is 0 Å². The minimum atomic E-state index is -1.33. The summed E-state index contributed by atoms with van der Waals surface area (Å²) in [7, 11) is 0. The predicted molar refractivity (Wildman–Crippen MR) is 114 cm³/mol. The van der Waals surface area contributed by atoms with Crippen LogP contribution in [0.3, 0.4) is 0 Å². The average Bonchev–Trinajstić information content (AvgIpc) is 3.33. The molecular weight excluding hydrogens is 432 g/mol. The van der Waals surface area contributed by atoms with Gasteiger partial charge in [-0.1, -0.05) is 38.1 Å². The number of ether oxygens (including phenoxy) is 3. The van der Waals surface area contributed by atoms with Crippen molar-refractivity contribution in [3.05, 3.63) is 71.8 Å². The van der Waals surface area contributed by atoms with Crippen LogP contribution in [0, 0.1) is 34.4 Å². The zero-order chi connectivity index (χ0) is 24.2. The fraction of sp³-hybridized carbons (Fsp3) is 0.320. The van der Waals surface area contributed by atoms with Crippen molar-refractivity contribution in [3.8, 4) is 17.6 Å². The topological polar surface area (TPSA) is 85.6 Å². The van der Waals surface area contributed by atoms with Gasteiger partial charge in [0.15, 0.2) is 11.6 Å². The highest BCUT2D eigenvalue weighted by Gasteiger charge is 2.62. The van der Waals surface area contributed by atoms with Gasteiger partial charge in [-0.25, -0.2) is 9.18 Å². The maximum Gasteiger partial charge on any atom is 0.366 e. The van der Waals surface area contributed by atoms with Gasteiger partial charge < -0.3 is 14.2 Å². The first-order valence-electron chi connectivity index (χ1n) is 10.4. The van der Waals surface area contributed by atoms with Crippen molar-refractivity contribution in [2.45, 2.75) is 26.9 Å². The van der Waals surface area contributed by atoms with Gasteiger partial charge in [-0.05, 0) is 48.6 Å². The second kappa shape index (κ2) is 9.82. The molecule has 0 N–H and O–H groups in total. The monoisotopic (exact) mass is 455 g/mol. The molecule has 0 aromatic heterocycles. The van der Waals surface area contributed by atoms with E-state index in [4.69, 9.17) is 9.47 Å². The third-order valence-electron chi connectivity index (χ3n) is 5.54. The van der Waals surface area contributed by atoms with Crippen molar-refractivity contribution in [1.29, 1.82) is 5.26 Å². The molecule has 1 saturated carbocycles. The van der Waals surface area contributed by atoms with Crippen LogP contribution in [-0.4, -0.2) is 18.5 Å². The largest absolute Gasteiger partial charge is 0.461 e. The van der Waals surface area contributed by atoms with E-state index >= 15 is 0 Å². The van der Waals surface area contributed by atoms with E-state index in [-0.39, 0.29) is 17.9 Å². The van der Waals surface area contributed by atoms with E-state index in [2.05, 4.69) is 4.74 Å². The molecule has 1 aliphatic carbocycles. The number of benzene rings is 2. The quantitative estimate of drug-likeness (QED) is 0.391. The first kappa shape index (κ1) is 23.9. The number of carbonyl (C=O) groups excluding carboxylic acids is 2. The average molecular weight is 455 g/mol. The van der Waals surface area contributed by atoms with Crippen LogP contribution in [0.15, 0.2) is 60.4 Å². The van der Waals surface area contributed by atoms with E-state index in [0.29, 0.717) is 5.75 Å². The van der Waals surface area contributed by atoms with Crippen molar-refractivity contribution in [1.82, 2.24) is 0 Å². The summed E-state index contributed by atoms with van der Waals surface area (Å²) in [5.74, 6) is -4.63. The van der Waals surface area contributed by atoms with Crippen molar-refractivity contribution in [2.75, 3.05) is 6.61 Å². The van der Waals surface area contributed by atoms with Gasteiger partial charge in [0.1, 0.15) is 11.8 Å². The molecular formula is C25H23F2NO5. The van der Waals surface area contributed by atoms with Gasteiger partial charge in [0.2, 0.25) is 11.9 Å². The Morgan fingerprint density at radius 1 is 1.21 bits per heavy atom. The van der Waals surface area contributed by atoms with Gasteiger partial charge in [0, 0.05) is 5.56 Å². The standard InChI is InChI=1S/C25H23F2NO5/c1-4-31-23(29)19(27)13-17-22(25(17,2)3)24(30)33-21(14-28)15-10-11-18(26)20(12-15)32-16-8-6-5-7-9-16/h5-13,17,21-22H,4H2,1-3H3/b19-13+/t17-,21+,22-/m0/s1. The van der Waals surface area contributed by atoms with E-state index in [0.717, 1.165) is 12.1 Å². The minimum absolute atomic E-state index is 0.0249. The Bertz CT molecular complexity index is 1110. The van der Waals surface area contributed by atoms with Crippen LogP contribution in [0.5, 0.6) is 11.5 Å². The van der Waals surface area contributed by atoms with Crippen LogP contribution in [0.25, 0.3) is 0 Å². The zero-order valence-electron chi connectivity index (χ0n) is 18.4. The Morgan fingerprint density at radius 3 is 2.55 bits per heavy atom. The number of para-hydroxylation sites is 1. The molecule has 0 bridgehead atoms. The number of nitrogens with zero attached hydrogens (tertiary/aromatic N) is 1. The summed E-state index contributed by atoms with van der Waals surface area (Å²) in [6, 6.07) is 14.1. The fourth-order valence-corrected chi connectivity index (χ4v) is 3.60. The van der Waals surface area contributed by atoms with Crippen LogP contribution in [0.1, 0.15) is 32.4 Å². The molecule has 2 aromatic rings. The van der Waals surface area contributed by atoms with E-state index < -0.39 is 46.9 Å². The second-order valence-corrected chi connectivity index (χ2v) is 8.11. The van der Waals surface area contributed by atoms with Gasteiger partial charge in [-0.2, -0.15) is 9.65 Å². The summed E-state index contributed by atoms with van der Waals surface area (Å²) in [6.45, 7) is 5.03. The molecule has 8 heteroatoms. The van der Waals surface area contributed by atoms with Crippen molar-refractivity contribution >= 4 is 11.9 Å². The normalized spacial score (nSPS) is 19.7. The fourth-order valence-electron chi connectivity index (χ4n) is 3.60. The first-order valence-corrected chi connectivity index (χ1v) is 10.4. The molecule has 0 spiro atoms. The Balaban J connectivity index is 1.74. The van der Waals surface area contributed by atoms with Crippen molar-refractivity contribution < 1.29 is 32.6 Å². The minimum Gasteiger partial charge on any atom is -0.461 e. The summed E-state index contributed by atoms with van der Waals surface area (Å²) < 4.78 is 43.8. The Morgan fingerprint density at radius 2 is 1.91 bits per heavy atom. The SMILES string of the molecule is CCOC(=O)/C(F)=C\[C@H]1[C@@H](C(=O)O[C@H](C#N)c2ccc(F)c(Oc3ccccc3)c2)C1(C)C. The Labute approximate surface area is 190 Å². The molecule has 1 aliphatic rings. The number of halogens is 2. The molecule has 2 aromatic carbocycles. The third kappa shape index (κ3) is 5.37. The summed E-state index contributed by atoms with van der Waals surface area (Å²) in [5.41, 5.74) is -0.452. The Kier molecular flexibility index (Phi) is 7.12. The number of hydrogen-bond donors (Lipinski definition) is 0. The molecule has 0 saturated heterocycles. The maximum absolute atomic E-state index is 14.2. The number of rotatable bonds is 8. The van der Waals surface area contributed by atoms with Crippen LogP contribution >= 0.6 is 0 Å². The molecule has 0 unspecified atom stereocenters. The summed E-state index contributed by atoms with van der Waals surface area (Å²) >= 11 is 0. The van der Waals surface area contributed by atoms with Gasteiger partial charge in [-0.15, -0.1) is 0 Å². The summed E-state index contributed by atoms with van der Waals surface area (Å²) in [4.78, 5) is 24.3. The highest BCUT2D eigenvalue weighted by Crippen LogP contribution is 2.60. The number of esters is 2. The molecule has 33 heavy (non-hydrogen) atoms. The number of hydrogen-bond acceptors (Lipinski definition) is 6. The highest BCUT2D eigenvalue weighted by molar-refractivity contribution is 5.87. The molecule has 3 atom stereocenters. The zero-order valence-corrected chi connectivity index (χ0v) is 18.4. The molecule has 1 fully saturated rings. The number of carbonyl (C=O) groups is 2. The van der Waals surface area contributed by atoms with Crippen LogP contribution in [0.4, 0.5) is 8.78 Å². The number of nitriles is 1. The van der Waals surface area contributed by atoms with Crippen LogP contribution < -0.4 is 4.74 Å². The molecule has 0 radical (unpaired) electrons. The molecule has 0 amide bonds. The first-order chi connectivity index (χ1) is 15.7. The lowest BCUT2D eigenvalue weighted by atomic mass is 10.1. The van der Waals surface area contributed by atoms with E-state index in [9.17, 15) is 23.6 Å². The van der Waals surface area contributed by atoms with Gasteiger partial charge in [0.05, 0.1) is 12.5 Å². The molecule has 6 nitrogen and oxygen atoms in total. The third-order valence-corrected chi connectivity index (χ3v) is 5.54. The molecule has 0 aliphatic heterocycles. The number of allylic oxidation sites excluding steroid dienone is 1. The highest BCUT2D eigenvalue weighted by atomic mass is 19.1. The van der Waals surface area contributed by atoms with E-state index in [1.54, 1.807) is 51.1 Å². The van der Waals surface area contributed by atoms with E-state index in [1.165, 1.54) is 12.1 Å². The maximum atomic E-state index is 14.2. The van der Waals surface area contributed by atoms with Crippen LogP contribution in [-0.2, 0) is 19.1 Å². The lowest BCUT2D eigenvalue weighted by Gasteiger charge is -2.14. The van der Waals surface area contributed by atoms with Crippen LogP contribution in [0.2, 0.25) is 0 Å². The molecule has 0 heterocycles.